The summed E-state index contributed by atoms with van der Waals surface area (Å²) in [7, 11) is 0. The third-order valence-electron chi connectivity index (χ3n) is 33.2. The number of rotatable bonds is 11. The Morgan fingerprint density at radius 3 is 1.20 bits per heavy atom. The van der Waals surface area contributed by atoms with Crippen molar-refractivity contribution < 1.29 is 0 Å². The van der Waals surface area contributed by atoms with Gasteiger partial charge in [-0.3, -0.25) is 0 Å². The largest absolute Gasteiger partial charge is 0.311 e. The van der Waals surface area contributed by atoms with Gasteiger partial charge in [0.05, 0.1) is 17.1 Å². The number of hydrogen-bond acceptors (Lipinski definition) is 6. The topological polar surface area (TPSA) is 13.0 Å². The highest BCUT2D eigenvalue weighted by Gasteiger charge is 2.52. The molecule has 0 N–H and O–H groups in total. The Hall–Kier alpha value is -10.9. The molecule has 8 heteroatoms. The maximum Gasteiger partial charge on any atom is 0.264 e. The van der Waals surface area contributed by atoms with Crippen LogP contribution in [0.3, 0.4) is 0 Å². The van der Waals surface area contributed by atoms with Gasteiger partial charge in [-0.25, -0.2) is 0 Å². The molecule has 13 aromatic carbocycles. The van der Waals surface area contributed by atoms with Crippen LogP contribution in [0.4, 0.5) is 68.2 Å². The van der Waals surface area contributed by atoms with Crippen molar-refractivity contribution in [1.29, 1.82) is 0 Å². The van der Waals surface area contributed by atoms with Crippen molar-refractivity contribution in [3.63, 3.8) is 0 Å². The lowest BCUT2D eigenvalue weighted by Gasteiger charge is -2.45. The monoisotopic (exact) mass is 1760 g/mol. The maximum absolute atomic E-state index is 2.77. The van der Waals surface area contributed by atoms with Gasteiger partial charge in [-0.15, -0.1) is 22.7 Å². The number of hydrogen-bond donors (Lipinski definition) is 0. The molecule has 7 aliphatic rings. The molecule has 0 radical (unpaired) electrons. The third-order valence-corrected chi connectivity index (χ3v) is 35.6. The highest BCUT2D eigenvalue weighted by molar-refractivity contribution is 7.34. The normalized spacial score (nSPS) is 17.0. The fourth-order valence-corrected chi connectivity index (χ4v) is 27.3. The second kappa shape index (κ2) is 29.1. The second-order valence-corrected chi connectivity index (χ2v) is 50.7. The van der Waals surface area contributed by atoms with Gasteiger partial charge in [0.2, 0.25) is 0 Å². The first-order valence-electron chi connectivity index (χ1n) is 49.0. The van der Waals surface area contributed by atoms with E-state index in [4.69, 9.17) is 0 Å². The Bertz CT molecular complexity index is 7320. The number of benzene rings is 13. The van der Waals surface area contributed by atoms with Gasteiger partial charge in [-0.05, 0) is 302 Å². The van der Waals surface area contributed by atoms with E-state index in [1.54, 1.807) is 0 Å². The van der Waals surface area contributed by atoms with Crippen molar-refractivity contribution >= 4 is 156 Å². The minimum absolute atomic E-state index is 0.00694. The van der Waals surface area contributed by atoms with Gasteiger partial charge in [-0.1, -0.05) is 325 Å². The van der Waals surface area contributed by atoms with Crippen LogP contribution in [0, 0.1) is 6.92 Å². The van der Waals surface area contributed by atoms with Crippen molar-refractivity contribution in [3.8, 4) is 11.1 Å². The average molecular weight is 1760 g/mol. The summed E-state index contributed by atoms with van der Waals surface area (Å²) >= 11 is 4.11. The van der Waals surface area contributed by atoms with Crippen molar-refractivity contribution in [3.05, 3.63) is 344 Å². The molecule has 2 aromatic heterocycles. The zero-order valence-electron chi connectivity index (χ0n) is 83.0. The minimum Gasteiger partial charge on any atom is -0.311 e. The fraction of sp³-hybridized carbons (Fsp3) is 0.339. The molecule has 0 bridgehead atoms. The van der Waals surface area contributed by atoms with Gasteiger partial charge in [0.15, 0.2) is 0 Å². The lowest BCUT2D eigenvalue weighted by molar-refractivity contribution is 0.332. The second-order valence-electron chi connectivity index (χ2n) is 48.5. The molecule has 0 amide bonds. The van der Waals surface area contributed by atoms with Crippen LogP contribution in [0.5, 0.6) is 0 Å². The lowest BCUT2D eigenvalue weighted by atomic mass is 9.36. The van der Waals surface area contributed by atoms with Crippen molar-refractivity contribution in [1.82, 2.24) is 0 Å². The summed E-state index contributed by atoms with van der Waals surface area (Å²) in [4.78, 5) is 10.9. The van der Waals surface area contributed by atoms with Crippen molar-refractivity contribution in [2.75, 3.05) is 19.6 Å². The fourth-order valence-electron chi connectivity index (χ4n) is 24.6. The van der Waals surface area contributed by atoms with E-state index in [2.05, 4.69) is 466 Å². The van der Waals surface area contributed by atoms with E-state index < -0.39 is 10.8 Å². The summed E-state index contributed by atoms with van der Waals surface area (Å²) < 4.78 is 5.58. The molecule has 0 saturated heterocycles. The Morgan fingerprint density at radius 1 is 0.303 bits per heavy atom. The average Bonchev–Trinajstić information content (AvgIpc) is 1.40. The van der Waals surface area contributed by atoms with E-state index in [0.29, 0.717) is 0 Å². The van der Waals surface area contributed by atoms with E-state index in [-0.39, 0.29) is 62.2 Å². The smallest absolute Gasteiger partial charge is 0.264 e. The van der Waals surface area contributed by atoms with Crippen LogP contribution >= 0.6 is 22.7 Å². The third kappa shape index (κ3) is 13.2. The lowest BCUT2D eigenvalue weighted by Crippen LogP contribution is -2.60. The standard InChI is InChI=1S/C124H130B2N4S2/c1-74-62-101-108-102(63-74)128(85-50-42-76(43-51-85)114(2,3)4)110-88-69-92-94(119(15,16)60-58-117(92,11)12)71-105(88)131-112(110)126(108)97-66-82(49-57-98(97)127(101)84-54-46-79(47-55-84)122(21,22)78-35-28-27-29-36-78)123(23,24)81-37-32-34-75(64-81)73-121(19,20)83-67-103-109-104(68-83)130(100-41-33-40-91-107(100)87-38-30-31-39-90(87)124(91,25)26)99-56-48-80(116(8,9)10)65-96(99)125(109)113-111(129(103)86-52-44-77(45-53-86)115(5,6)7)89-70-93-95(72-106(89)132-113)120(17,18)61-59-118(93,13)14/h27-57,62-72H,58-61,73H2,1-26H3. The van der Waals surface area contributed by atoms with Gasteiger partial charge in [-0.2, -0.15) is 0 Å². The Morgan fingerprint density at radius 2 is 0.689 bits per heavy atom. The molecule has 0 spiro atoms. The zero-order valence-corrected chi connectivity index (χ0v) is 84.7. The molecule has 0 saturated carbocycles. The Labute approximate surface area is 796 Å². The molecule has 0 unspecified atom stereocenters. The quantitative estimate of drug-likeness (QED) is 0.120. The maximum atomic E-state index is 2.77. The molecular weight excluding hydrogens is 1630 g/mol. The predicted molar refractivity (Wildman–Crippen MR) is 575 cm³/mol. The molecule has 4 nitrogen and oxygen atoms in total. The van der Waals surface area contributed by atoms with Crippen LogP contribution in [-0.2, 0) is 66.0 Å². The van der Waals surface area contributed by atoms with E-state index in [0.717, 1.165) is 37.8 Å². The first-order chi connectivity index (χ1) is 62.2. The van der Waals surface area contributed by atoms with Crippen LogP contribution in [0.25, 0.3) is 31.3 Å². The number of nitrogens with zero attached hydrogens (tertiary/aromatic N) is 4. The molecular formula is C124H130B2N4S2. The van der Waals surface area contributed by atoms with E-state index in [1.165, 1.54) is 214 Å². The van der Waals surface area contributed by atoms with Gasteiger partial charge in [0.1, 0.15) is 0 Å². The molecule has 3 aliphatic carbocycles. The van der Waals surface area contributed by atoms with E-state index in [9.17, 15) is 0 Å². The highest BCUT2D eigenvalue weighted by Crippen LogP contribution is 2.60. The van der Waals surface area contributed by atoms with E-state index in [1.807, 2.05) is 11.3 Å². The van der Waals surface area contributed by atoms with Gasteiger partial charge < -0.3 is 19.6 Å². The molecule has 132 heavy (non-hydrogen) atoms. The molecule has 0 atom stereocenters. The summed E-state index contributed by atoms with van der Waals surface area (Å²) in [6.07, 6.45) is 5.43. The summed E-state index contributed by atoms with van der Waals surface area (Å²) in [5, 5.41) is 2.72. The number of aryl methyl sites for hydroxylation is 1. The predicted octanol–water partition coefficient (Wildman–Crippen LogP) is 30.7. The van der Waals surface area contributed by atoms with Crippen LogP contribution in [-0.4, -0.2) is 13.4 Å². The number of anilines is 12. The number of fused-ring (bicyclic) bond motifs is 17. The minimum atomic E-state index is -0.446. The Kier molecular flexibility index (Phi) is 19.1. The first-order valence-corrected chi connectivity index (χ1v) is 50.6. The van der Waals surface area contributed by atoms with Crippen LogP contribution in [0.15, 0.2) is 255 Å². The van der Waals surface area contributed by atoms with Crippen molar-refractivity contribution in [2.24, 2.45) is 0 Å². The van der Waals surface area contributed by atoms with Gasteiger partial charge in [0, 0.05) is 103 Å². The summed E-state index contributed by atoms with van der Waals surface area (Å²) in [6.45, 7) is 63.2. The molecule has 6 heterocycles. The van der Waals surface area contributed by atoms with Crippen molar-refractivity contribution in [2.45, 2.75) is 272 Å². The van der Waals surface area contributed by atoms with Crippen LogP contribution in [0.2, 0.25) is 0 Å². The van der Waals surface area contributed by atoms with E-state index >= 15 is 0 Å². The summed E-state index contributed by atoms with van der Waals surface area (Å²) in [5.74, 6) is 0. The molecule has 22 rings (SSSR count). The SMILES string of the molecule is Cc1cc2c3c(c1)N(c1ccc(C(C)(C)C)cc1)c1c(sc4cc5c(cc14)C(C)(C)CCC5(C)C)B3c1cc(C(C)(C)c3cccc(CC(C)(C)c4cc5c6c(c4)N(c4ccc(C(C)(C)C)cc4)c4c(sc7cc8c(cc47)C(C)(C)CCC8(C)C)B6c4cc(C(C)(C)C)ccc4N5c4cccc5c4-c4ccccc4C5(C)C)c3)ccc1N2c1ccc(C(C)(C)c2ccccc2)cc1. The molecule has 4 aliphatic heterocycles. The molecule has 0 fully saturated rings. The summed E-state index contributed by atoms with van der Waals surface area (Å²) in [6, 6.07) is 103. The van der Waals surface area contributed by atoms with Crippen LogP contribution < -0.4 is 51.0 Å². The zero-order chi connectivity index (χ0) is 92.7. The molecule has 664 valence electrons. The van der Waals surface area contributed by atoms with Gasteiger partial charge >= 0.3 is 0 Å². The first kappa shape index (κ1) is 86.5. The molecule has 15 aromatic rings. The Balaban J connectivity index is 0.731. The number of thiophene rings is 2. The summed E-state index contributed by atoms with van der Waals surface area (Å²) in [5.41, 5.74) is 43.6. The van der Waals surface area contributed by atoms with Crippen LogP contribution in [0.1, 0.15) is 288 Å². The van der Waals surface area contributed by atoms with Gasteiger partial charge in [0.25, 0.3) is 13.4 Å². The highest BCUT2D eigenvalue weighted by atomic mass is 32.1.